The topological polar surface area (TPSA) is 78.0 Å². The lowest BCUT2D eigenvalue weighted by Gasteiger charge is -2.28. The SMILES string of the molecule is c1cc2c(cc1CN1CCc3nc(Nc4ccc5c(c4)OCO5)ncc3C1)OCCO2. The van der Waals surface area contributed by atoms with E-state index in [1.807, 2.05) is 30.5 Å². The Balaban J connectivity index is 1.13. The van der Waals surface area contributed by atoms with Crippen molar-refractivity contribution in [2.45, 2.75) is 19.5 Å². The summed E-state index contributed by atoms with van der Waals surface area (Å²) in [5.74, 6) is 3.75. The third kappa shape index (κ3) is 3.70. The van der Waals surface area contributed by atoms with Gasteiger partial charge in [0.25, 0.3) is 0 Å². The van der Waals surface area contributed by atoms with Crippen LogP contribution in [0.4, 0.5) is 11.6 Å². The van der Waals surface area contributed by atoms with Gasteiger partial charge in [-0.05, 0) is 29.8 Å². The Morgan fingerprint density at radius 3 is 2.68 bits per heavy atom. The first-order valence-electron chi connectivity index (χ1n) is 10.4. The van der Waals surface area contributed by atoms with Crippen LogP contribution < -0.4 is 24.3 Å². The fraction of sp³-hybridized carbons (Fsp3) is 0.304. The predicted octanol–water partition coefficient (Wildman–Crippen LogP) is 3.28. The van der Waals surface area contributed by atoms with Gasteiger partial charge in [0, 0.05) is 49.6 Å². The summed E-state index contributed by atoms with van der Waals surface area (Å²) in [7, 11) is 0. The second kappa shape index (κ2) is 7.63. The molecule has 0 saturated heterocycles. The van der Waals surface area contributed by atoms with Gasteiger partial charge in [-0.15, -0.1) is 0 Å². The molecule has 0 unspecified atom stereocenters. The highest BCUT2D eigenvalue weighted by atomic mass is 16.7. The summed E-state index contributed by atoms with van der Waals surface area (Å²) in [6, 6.07) is 11.9. The van der Waals surface area contributed by atoms with Crippen LogP contribution in [0.5, 0.6) is 23.0 Å². The molecule has 8 nitrogen and oxygen atoms in total. The van der Waals surface area contributed by atoms with Crippen molar-refractivity contribution in [3.8, 4) is 23.0 Å². The van der Waals surface area contributed by atoms with Gasteiger partial charge >= 0.3 is 0 Å². The number of hydrogen-bond acceptors (Lipinski definition) is 8. The average Bonchev–Trinajstić information content (AvgIpc) is 3.27. The highest BCUT2D eigenvalue weighted by molar-refractivity contribution is 5.60. The zero-order chi connectivity index (χ0) is 20.6. The number of hydrogen-bond donors (Lipinski definition) is 1. The van der Waals surface area contributed by atoms with Gasteiger partial charge in [0.1, 0.15) is 13.2 Å². The summed E-state index contributed by atoms with van der Waals surface area (Å²) in [4.78, 5) is 11.7. The zero-order valence-corrected chi connectivity index (χ0v) is 17.0. The molecule has 3 aliphatic rings. The second-order valence-electron chi connectivity index (χ2n) is 7.80. The lowest BCUT2D eigenvalue weighted by molar-refractivity contribution is 0.171. The predicted molar refractivity (Wildman–Crippen MR) is 113 cm³/mol. The summed E-state index contributed by atoms with van der Waals surface area (Å²) < 4.78 is 22.1. The molecule has 0 fully saturated rings. The molecule has 0 bridgehead atoms. The molecule has 3 aliphatic heterocycles. The highest BCUT2D eigenvalue weighted by Crippen LogP contribution is 2.35. The van der Waals surface area contributed by atoms with Gasteiger partial charge in [0.15, 0.2) is 23.0 Å². The molecule has 0 atom stereocenters. The van der Waals surface area contributed by atoms with Gasteiger partial charge in [-0.1, -0.05) is 6.07 Å². The maximum absolute atomic E-state index is 5.71. The summed E-state index contributed by atoms with van der Waals surface area (Å²) in [5, 5.41) is 3.27. The molecule has 4 heterocycles. The van der Waals surface area contributed by atoms with E-state index in [0.29, 0.717) is 19.2 Å². The number of nitrogens with zero attached hydrogens (tertiary/aromatic N) is 3. The van der Waals surface area contributed by atoms with Crippen molar-refractivity contribution in [3.05, 3.63) is 59.4 Å². The number of anilines is 2. The molecule has 6 rings (SSSR count). The van der Waals surface area contributed by atoms with Crippen LogP contribution >= 0.6 is 0 Å². The summed E-state index contributed by atoms with van der Waals surface area (Å²) in [6.45, 7) is 4.11. The maximum Gasteiger partial charge on any atom is 0.231 e. The highest BCUT2D eigenvalue weighted by Gasteiger charge is 2.20. The fourth-order valence-corrected chi connectivity index (χ4v) is 4.12. The Hall–Kier alpha value is -3.52. The first-order chi connectivity index (χ1) is 15.3. The van der Waals surface area contributed by atoms with E-state index >= 15 is 0 Å². The van der Waals surface area contributed by atoms with E-state index in [9.17, 15) is 0 Å². The Morgan fingerprint density at radius 2 is 1.71 bits per heavy atom. The first-order valence-corrected chi connectivity index (χ1v) is 10.4. The zero-order valence-electron chi connectivity index (χ0n) is 17.0. The molecule has 0 aliphatic carbocycles. The average molecular weight is 418 g/mol. The molecular formula is C23H22N4O4. The lowest BCUT2D eigenvalue weighted by Crippen LogP contribution is -2.31. The molecule has 0 saturated carbocycles. The van der Waals surface area contributed by atoms with E-state index in [1.54, 1.807) is 0 Å². The quantitative estimate of drug-likeness (QED) is 0.692. The molecule has 1 aromatic heterocycles. The standard InChI is InChI=1S/C23H22N4O4/c1-3-19-21(29-8-7-28-19)9-15(1)12-27-6-5-18-16(13-27)11-24-23(26-18)25-17-2-4-20-22(10-17)31-14-30-20/h1-4,9-11H,5-8,12-14H2,(H,24,25,26). The molecule has 0 amide bonds. The van der Waals surface area contributed by atoms with Crippen molar-refractivity contribution < 1.29 is 18.9 Å². The van der Waals surface area contributed by atoms with Crippen molar-refractivity contribution in [1.82, 2.24) is 14.9 Å². The monoisotopic (exact) mass is 418 g/mol. The van der Waals surface area contributed by atoms with E-state index in [4.69, 9.17) is 23.9 Å². The molecule has 31 heavy (non-hydrogen) atoms. The first kappa shape index (κ1) is 18.3. The van der Waals surface area contributed by atoms with E-state index in [2.05, 4.69) is 27.3 Å². The van der Waals surface area contributed by atoms with Crippen molar-refractivity contribution >= 4 is 11.6 Å². The van der Waals surface area contributed by atoms with E-state index in [-0.39, 0.29) is 6.79 Å². The van der Waals surface area contributed by atoms with Gasteiger partial charge in [-0.25, -0.2) is 9.97 Å². The number of benzene rings is 2. The Kier molecular flexibility index (Phi) is 4.49. The second-order valence-corrected chi connectivity index (χ2v) is 7.80. The maximum atomic E-state index is 5.71. The Bertz CT molecular complexity index is 1140. The molecule has 158 valence electrons. The number of nitrogens with one attached hydrogen (secondary N) is 1. The van der Waals surface area contributed by atoms with E-state index in [0.717, 1.165) is 60.4 Å². The molecule has 0 spiro atoms. The molecule has 2 aromatic carbocycles. The van der Waals surface area contributed by atoms with Gasteiger partial charge in [-0.2, -0.15) is 0 Å². The van der Waals surface area contributed by atoms with Crippen LogP contribution in [0.1, 0.15) is 16.8 Å². The van der Waals surface area contributed by atoms with Gasteiger partial charge in [0.05, 0.1) is 5.69 Å². The van der Waals surface area contributed by atoms with Crippen molar-refractivity contribution in [3.63, 3.8) is 0 Å². The third-order valence-electron chi connectivity index (χ3n) is 5.65. The van der Waals surface area contributed by atoms with Crippen LogP contribution in [0.3, 0.4) is 0 Å². The normalized spacial score (nSPS) is 16.6. The van der Waals surface area contributed by atoms with Crippen LogP contribution in [0.15, 0.2) is 42.6 Å². The summed E-state index contributed by atoms with van der Waals surface area (Å²) >= 11 is 0. The van der Waals surface area contributed by atoms with E-state index < -0.39 is 0 Å². The van der Waals surface area contributed by atoms with Crippen LogP contribution in [0.25, 0.3) is 0 Å². The van der Waals surface area contributed by atoms with Crippen molar-refractivity contribution in [2.24, 2.45) is 0 Å². The van der Waals surface area contributed by atoms with Crippen molar-refractivity contribution in [1.29, 1.82) is 0 Å². The van der Waals surface area contributed by atoms with Crippen LogP contribution in [-0.2, 0) is 19.5 Å². The number of ether oxygens (including phenoxy) is 4. The fourth-order valence-electron chi connectivity index (χ4n) is 4.12. The van der Waals surface area contributed by atoms with Crippen LogP contribution in [0, 0.1) is 0 Å². The Labute approximate surface area is 179 Å². The molecule has 1 N–H and O–H groups in total. The van der Waals surface area contributed by atoms with Gasteiger partial charge in [-0.3, -0.25) is 4.90 Å². The number of aromatic nitrogens is 2. The third-order valence-corrected chi connectivity index (χ3v) is 5.65. The molecule has 0 radical (unpaired) electrons. The minimum Gasteiger partial charge on any atom is -0.486 e. The summed E-state index contributed by atoms with van der Waals surface area (Å²) in [6.07, 6.45) is 2.81. The van der Waals surface area contributed by atoms with Crippen LogP contribution in [-0.4, -0.2) is 41.4 Å². The minimum atomic E-state index is 0.261. The summed E-state index contributed by atoms with van der Waals surface area (Å²) in [5.41, 5.74) is 4.35. The largest absolute Gasteiger partial charge is 0.486 e. The van der Waals surface area contributed by atoms with Gasteiger partial charge < -0.3 is 24.3 Å². The Morgan fingerprint density at radius 1 is 0.903 bits per heavy atom. The van der Waals surface area contributed by atoms with E-state index in [1.165, 1.54) is 11.1 Å². The smallest absolute Gasteiger partial charge is 0.231 e. The van der Waals surface area contributed by atoms with Crippen molar-refractivity contribution in [2.75, 3.05) is 31.9 Å². The number of rotatable bonds is 4. The van der Waals surface area contributed by atoms with Gasteiger partial charge in [0.2, 0.25) is 12.7 Å². The number of fused-ring (bicyclic) bond motifs is 3. The minimum absolute atomic E-state index is 0.261. The van der Waals surface area contributed by atoms with Crippen LogP contribution in [0.2, 0.25) is 0 Å². The molecule has 8 heteroatoms. The molecular weight excluding hydrogens is 396 g/mol. The molecule has 3 aromatic rings. The lowest BCUT2D eigenvalue weighted by atomic mass is 10.1.